The van der Waals surface area contributed by atoms with Crippen LogP contribution in [0.25, 0.3) is 0 Å². The quantitative estimate of drug-likeness (QED) is 0.772. The summed E-state index contributed by atoms with van der Waals surface area (Å²) in [5.74, 6) is -0.807. The molecule has 0 saturated heterocycles. The van der Waals surface area contributed by atoms with E-state index in [1.54, 1.807) is 19.1 Å². The van der Waals surface area contributed by atoms with Crippen LogP contribution in [0.4, 0.5) is 5.00 Å². The molecule has 1 aliphatic carbocycles. The van der Waals surface area contributed by atoms with Crippen LogP contribution in [0.15, 0.2) is 24.3 Å². The van der Waals surface area contributed by atoms with Crippen LogP contribution < -0.4 is 5.32 Å². The fourth-order valence-electron chi connectivity index (χ4n) is 3.93. The maximum Gasteiger partial charge on any atom is 0.341 e. The van der Waals surface area contributed by atoms with Crippen LogP contribution in [-0.4, -0.2) is 30.6 Å². The van der Waals surface area contributed by atoms with E-state index in [1.165, 1.54) is 11.3 Å². The van der Waals surface area contributed by atoms with E-state index in [4.69, 9.17) is 9.47 Å². The molecular formula is C22H23NO5S. The third kappa shape index (κ3) is 3.79. The molecule has 2 atom stereocenters. The van der Waals surface area contributed by atoms with Crippen molar-refractivity contribution in [3.05, 3.63) is 51.4 Å². The van der Waals surface area contributed by atoms with E-state index in [1.807, 2.05) is 12.1 Å². The molecule has 0 fully saturated rings. The van der Waals surface area contributed by atoms with Crippen molar-refractivity contribution in [2.75, 3.05) is 11.9 Å². The van der Waals surface area contributed by atoms with Crippen LogP contribution in [0.1, 0.15) is 57.0 Å². The number of rotatable bonds is 4. The standard InChI is InChI=1S/C22H23NO5S/c1-3-27-22(26)18-15-9-8-12(2)10-17(15)29-20(18)23-19(24)16-11-13-6-4-5-7-14(13)21(25)28-16/h4-7,12,16H,3,8-11H2,1-2H3,(H,23,24)/t12-,16-/m0/s1. The predicted octanol–water partition coefficient (Wildman–Crippen LogP) is 3.77. The molecule has 4 rings (SSSR count). The fraction of sp³-hybridized carbons (Fsp3) is 0.409. The Morgan fingerprint density at radius 1 is 1.28 bits per heavy atom. The molecular weight excluding hydrogens is 390 g/mol. The minimum Gasteiger partial charge on any atom is -0.462 e. The zero-order valence-electron chi connectivity index (χ0n) is 16.4. The zero-order valence-corrected chi connectivity index (χ0v) is 17.3. The lowest BCUT2D eigenvalue weighted by Crippen LogP contribution is -2.38. The molecule has 1 N–H and O–H groups in total. The Morgan fingerprint density at radius 3 is 2.86 bits per heavy atom. The summed E-state index contributed by atoms with van der Waals surface area (Å²) in [5.41, 5.74) is 2.71. The Bertz CT molecular complexity index is 980. The van der Waals surface area contributed by atoms with E-state index in [0.717, 1.165) is 35.3 Å². The molecule has 0 unspecified atom stereocenters. The average molecular weight is 413 g/mol. The molecule has 0 saturated carbocycles. The van der Waals surface area contributed by atoms with Gasteiger partial charge in [-0.2, -0.15) is 0 Å². The van der Waals surface area contributed by atoms with Gasteiger partial charge in [0.1, 0.15) is 5.00 Å². The van der Waals surface area contributed by atoms with E-state index in [2.05, 4.69) is 12.2 Å². The van der Waals surface area contributed by atoms with Crippen molar-refractivity contribution in [3.8, 4) is 0 Å². The molecule has 6 nitrogen and oxygen atoms in total. The molecule has 29 heavy (non-hydrogen) atoms. The van der Waals surface area contributed by atoms with Crippen molar-refractivity contribution >= 4 is 34.2 Å². The van der Waals surface area contributed by atoms with Gasteiger partial charge in [-0.3, -0.25) is 4.79 Å². The molecule has 1 aromatic carbocycles. The minimum atomic E-state index is -0.925. The summed E-state index contributed by atoms with van der Waals surface area (Å²) >= 11 is 1.43. The smallest absolute Gasteiger partial charge is 0.341 e. The Morgan fingerprint density at radius 2 is 2.07 bits per heavy atom. The molecule has 7 heteroatoms. The van der Waals surface area contributed by atoms with E-state index in [0.29, 0.717) is 28.5 Å². The summed E-state index contributed by atoms with van der Waals surface area (Å²) in [6.07, 6.45) is 2.06. The van der Waals surface area contributed by atoms with Crippen LogP contribution >= 0.6 is 11.3 Å². The van der Waals surface area contributed by atoms with Crippen molar-refractivity contribution in [2.24, 2.45) is 5.92 Å². The number of nitrogens with one attached hydrogen (secondary N) is 1. The molecule has 2 aliphatic rings. The van der Waals surface area contributed by atoms with Gasteiger partial charge in [-0.05, 0) is 49.3 Å². The number of cyclic esters (lactones) is 1. The van der Waals surface area contributed by atoms with Crippen molar-refractivity contribution in [2.45, 2.75) is 45.6 Å². The first-order valence-electron chi connectivity index (χ1n) is 9.89. The maximum absolute atomic E-state index is 12.9. The molecule has 0 radical (unpaired) electrons. The highest BCUT2D eigenvalue weighted by atomic mass is 32.1. The Labute approximate surface area is 173 Å². The Kier molecular flexibility index (Phi) is 5.41. The van der Waals surface area contributed by atoms with Crippen LogP contribution in [0.5, 0.6) is 0 Å². The van der Waals surface area contributed by atoms with Gasteiger partial charge in [0.15, 0.2) is 6.10 Å². The van der Waals surface area contributed by atoms with Crippen molar-refractivity contribution in [3.63, 3.8) is 0 Å². The highest BCUT2D eigenvalue weighted by Crippen LogP contribution is 2.40. The fourth-order valence-corrected chi connectivity index (χ4v) is 5.33. The van der Waals surface area contributed by atoms with Gasteiger partial charge in [0, 0.05) is 11.3 Å². The maximum atomic E-state index is 12.9. The summed E-state index contributed by atoms with van der Waals surface area (Å²) in [6, 6.07) is 7.12. The SMILES string of the molecule is CCOC(=O)c1c(NC(=O)[C@@H]2Cc3ccccc3C(=O)O2)sc2c1CC[C@H](C)C2. The topological polar surface area (TPSA) is 81.7 Å². The summed E-state index contributed by atoms with van der Waals surface area (Å²) in [7, 11) is 0. The van der Waals surface area contributed by atoms with E-state index < -0.39 is 23.9 Å². The van der Waals surface area contributed by atoms with Gasteiger partial charge in [0.2, 0.25) is 0 Å². The Balaban J connectivity index is 1.60. The van der Waals surface area contributed by atoms with E-state index in [-0.39, 0.29) is 6.61 Å². The third-order valence-corrected chi connectivity index (χ3v) is 6.58. The van der Waals surface area contributed by atoms with Gasteiger partial charge < -0.3 is 14.8 Å². The summed E-state index contributed by atoms with van der Waals surface area (Å²) in [6.45, 7) is 4.21. The van der Waals surface area contributed by atoms with Crippen molar-refractivity contribution in [1.29, 1.82) is 0 Å². The number of carbonyl (C=O) groups excluding carboxylic acids is 3. The first-order valence-corrected chi connectivity index (χ1v) is 10.7. The number of hydrogen-bond donors (Lipinski definition) is 1. The molecule has 1 aromatic heterocycles. The number of anilines is 1. The minimum absolute atomic E-state index is 0.268. The third-order valence-electron chi connectivity index (χ3n) is 5.41. The van der Waals surface area contributed by atoms with E-state index in [9.17, 15) is 14.4 Å². The van der Waals surface area contributed by atoms with Crippen molar-refractivity contribution in [1.82, 2.24) is 0 Å². The molecule has 1 aliphatic heterocycles. The van der Waals surface area contributed by atoms with Gasteiger partial charge in [0.05, 0.1) is 17.7 Å². The number of ether oxygens (including phenoxy) is 2. The van der Waals surface area contributed by atoms with Gasteiger partial charge in [-0.25, -0.2) is 9.59 Å². The first kappa shape index (κ1) is 19.6. The van der Waals surface area contributed by atoms with Crippen LogP contribution in [0.2, 0.25) is 0 Å². The van der Waals surface area contributed by atoms with Gasteiger partial charge in [-0.15, -0.1) is 11.3 Å². The first-order chi connectivity index (χ1) is 14.0. The van der Waals surface area contributed by atoms with Crippen LogP contribution in [0.3, 0.4) is 0 Å². The summed E-state index contributed by atoms with van der Waals surface area (Å²) < 4.78 is 10.6. The number of benzene rings is 1. The van der Waals surface area contributed by atoms with Crippen molar-refractivity contribution < 1.29 is 23.9 Å². The van der Waals surface area contributed by atoms with Gasteiger partial charge in [-0.1, -0.05) is 25.1 Å². The predicted molar refractivity (Wildman–Crippen MR) is 109 cm³/mol. The highest BCUT2D eigenvalue weighted by Gasteiger charge is 2.34. The number of esters is 2. The average Bonchev–Trinajstić information content (AvgIpc) is 3.05. The van der Waals surface area contributed by atoms with Gasteiger partial charge in [0.25, 0.3) is 5.91 Å². The molecule has 0 bridgehead atoms. The highest BCUT2D eigenvalue weighted by molar-refractivity contribution is 7.17. The number of fused-ring (bicyclic) bond motifs is 2. The molecule has 0 spiro atoms. The van der Waals surface area contributed by atoms with Crippen LogP contribution in [-0.2, 0) is 33.5 Å². The molecule has 2 heterocycles. The monoisotopic (exact) mass is 413 g/mol. The molecule has 152 valence electrons. The lowest BCUT2D eigenvalue weighted by Gasteiger charge is -2.23. The summed E-state index contributed by atoms with van der Waals surface area (Å²) in [5, 5.41) is 3.33. The lowest BCUT2D eigenvalue weighted by atomic mass is 9.88. The number of thiophene rings is 1. The molecule has 2 aromatic rings. The van der Waals surface area contributed by atoms with Gasteiger partial charge >= 0.3 is 11.9 Å². The lowest BCUT2D eigenvalue weighted by molar-refractivity contribution is -0.125. The second-order valence-electron chi connectivity index (χ2n) is 7.52. The Hall–Kier alpha value is -2.67. The summed E-state index contributed by atoms with van der Waals surface area (Å²) in [4.78, 5) is 38.9. The second kappa shape index (κ2) is 7.99. The number of amides is 1. The zero-order chi connectivity index (χ0) is 20.5. The largest absolute Gasteiger partial charge is 0.462 e. The second-order valence-corrected chi connectivity index (χ2v) is 8.63. The van der Waals surface area contributed by atoms with Crippen LogP contribution in [0, 0.1) is 5.92 Å². The number of carbonyl (C=O) groups is 3. The normalized spacial score (nSPS) is 20.3. The molecule has 1 amide bonds. The number of hydrogen-bond acceptors (Lipinski definition) is 6. The van der Waals surface area contributed by atoms with E-state index >= 15 is 0 Å².